The van der Waals surface area contributed by atoms with E-state index in [9.17, 15) is 4.79 Å². The average Bonchev–Trinajstić information content (AvgIpc) is 2.45. The number of carbonyl (C=O) groups is 1. The minimum Gasteiger partial charge on any atom is -0.359 e. The van der Waals surface area contributed by atoms with Crippen LogP contribution in [0.2, 0.25) is 0 Å². The fraction of sp³-hybridized carbons (Fsp3) is 0.600. The molecule has 0 aliphatic rings. The van der Waals surface area contributed by atoms with E-state index < -0.39 is 0 Å². The summed E-state index contributed by atoms with van der Waals surface area (Å²) in [6, 6.07) is 2.04. The maximum Gasteiger partial charge on any atom is 0.219 e. The van der Waals surface area contributed by atoms with E-state index in [0.717, 1.165) is 24.4 Å². The molecule has 0 saturated heterocycles. The molecule has 0 saturated carbocycles. The predicted octanol–water partition coefficient (Wildman–Crippen LogP) is 1.03. The molecular weight excluding hydrogens is 178 g/mol. The van der Waals surface area contributed by atoms with Crippen molar-refractivity contribution in [2.75, 3.05) is 7.05 Å². The Bertz CT molecular complexity index is 317. The number of amides is 1. The van der Waals surface area contributed by atoms with Gasteiger partial charge in [0.05, 0.1) is 5.69 Å². The lowest BCUT2D eigenvalue weighted by Gasteiger charge is -2.03. The maximum absolute atomic E-state index is 11.0. The van der Waals surface area contributed by atoms with Crippen LogP contribution >= 0.6 is 0 Å². The van der Waals surface area contributed by atoms with E-state index in [-0.39, 0.29) is 5.91 Å². The van der Waals surface area contributed by atoms with Gasteiger partial charge in [0.25, 0.3) is 0 Å². The van der Waals surface area contributed by atoms with Crippen molar-refractivity contribution >= 4 is 5.91 Å². The van der Waals surface area contributed by atoms with Gasteiger partial charge in [-0.15, -0.1) is 0 Å². The molecule has 0 aliphatic carbocycles. The molecule has 1 aromatic rings. The van der Waals surface area contributed by atoms with Crippen LogP contribution in [0.15, 0.2) is 6.07 Å². The topological polar surface area (TPSA) is 46.9 Å². The summed E-state index contributed by atoms with van der Waals surface area (Å²) in [5.74, 6) is 0.0894. The van der Waals surface area contributed by atoms with Crippen molar-refractivity contribution in [1.82, 2.24) is 15.1 Å². The minimum atomic E-state index is 0.0894. The molecule has 1 aromatic heterocycles. The van der Waals surface area contributed by atoms with Crippen LogP contribution in [0.4, 0.5) is 0 Å². The predicted molar refractivity (Wildman–Crippen MR) is 55.0 cm³/mol. The molecule has 0 bridgehead atoms. The monoisotopic (exact) mass is 195 g/mol. The molecule has 0 aromatic carbocycles. The van der Waals surface area contributed by atoms with Crippen LogP contribution in [0.1, 0.15) is 24.2 Å². The highest BCUT2D eigenvalue weighted by molar-refractivity contribution is 5.75. The molecule has 0 radical (unpaired) electrons. The Hall–Kier alpha value is -1.32. The third kappa shape index (κ3) is 2.87. The highest BCUT2D eigenvalue weighted by atomic mass is 16.1. The van der Waals surface area contributed by atoms with Gasteiger partial charge in [0.2, 0.25) is 5.91 Å². The quantitative estimate of drug-likeness (QED) is 0.780. The molecule has 1 N–H and O–H groups in total. The van der Waals surface area contributed by atoms with E-state index in [4.69, 9.17) is 0 Å². The van der Waals surface area contributed by atoms with Gasteiger partial charge in [-0.1, -0.05) is 0 Å². The smallest absolute Gasteiger partial charge is 0.219 e. The second-order valence-corrected chi connectivity index (χ2v) is 3.43. The fourth-order valence-corrected chi connectivity index (χ4v) is 1.42. The Morgan fingerprint density at radius 3 is 2.79 bits per heavy atom. The Kier molecular flexibility index (Phi) is 3.68. The summed E-state index contributed by atoms with van der Waals surface area (Å²) in [5, 5.41) is 6.92. The molecule has 4 nitrogen and oxygen atoms in total. The average molecular weight is 195 g/mol. The first kappa shape index (κ1) is 10.8. The summed E-state index contributed by atoms with van der Waals surface area (Å²) in [6.45, 7) is 4.81. The van der Waals surface area contributed by atoms with Crippen molar-refractivity contribution in [3.05, 3.63) is 17.5 Å². The third-order valence-corrected chi connectivity index (χ3v) is 2.16. The van der Waals surface area contributed by atoms with Crippen LogP contribution in [-0.2, 0) is 11.3 Å². The van der Waals surface area contributed by atoms with Gasteiger partial charge in [0, 0.05) is 25.7 Å². The first-order valence-electron chi connectivity index (χ1n) is 4.85. The van der Waals surface area contributed by atoms with Gasteiger partial charge in [-0.05, 0) is 26.3 Å². The number of aryl methyl sites for hydroxylation is 3. The molecule has 0 fully saturated rings. The van der Waals surface area contributed by atoms with Crippen LogP contribution < -0.4 is 5.32 Å². The molecule has 0 unspecified atom stereocenters. The SMILES string of the molecule is CNC(=O)CCCn1nc(C)cc1C. The first-order valence-corrected chi connectivity index (χ1v) is 4.85. The number of hydrogen-bond acceptors (Lipinski definition) is 2. The Balaban J connectivity index is 2.38. The molecule has 1 heterocycles. The Morgan fingerprint density at radius 1 is 1.57 bits per heavy atom. The lowest BCUT2D eigenvalue weighted by atomic mass is 10.3. The standard InChI is InChI=1S/C10H17N3O/c1-8-7-9(2)13(12-8)6-4-5-10(14)11-3/h7H,4-6H2,1-3H3,(H,11,14). The molecule has 14 heavy (non-hydrogen) atoms. The molecular formula is C10H17N3O. The summed E-state index contributed by atoms with van der Waals surface area (Å²) >= 11 is 0. The van der Waals surface area contributed by atoms with E-state index in [1.165, 1.54) is 0 Å². The van der Waals surface area contributed by atoms with Gasteiger partial charge in [-0.25, -0.2) is 0 Å². The van der Waals surface area contributed by atoms with Crippen molar-refractivity contribution in [2.24, 2.45) is 0 Å². The number of hydrogen-bond donors (Lipinski definition) is 1. The molecule has 1 amide bonds. The van der Waals surface area contributed by atoms with E-state index in [2.05, 4.69) is 10.4 Å². The van der Waals surface area contributed by atoms with E-state index in [0.29, 0.717) is 6.42 Å². The number of carbonyl (C=O) groups excluding carboxylic acids is 1. The number of aromatic nitrogens is 2. The van der Waals surface area contributed by atoms with Crippen LogP contribution in [0.25, 0.3) is 0 Å². The van der Waals surface area contributed by atoms with Crippen LogP contribution in [-0.4, -0.2) is 22.7 Å². The number of nitrogens with one attached hydrogen (secondary N) is 1. The van der Waals surface area contributed by atoms with Crippen molar-refractivity contribution in [3.8, 4) is 0 Å². The molecule has 1 rings (SSSR count). The van der Waals surface area contributed by atoms with Gasteiger partial charge in [-0.2, -0.15) is 5.10 Å². The van der Waals surface area contributed by atoms with Crippen LogP contribution in [0, 0.1) is 13.8 Å². The summed E-state index contributed by atoms with van der Waals surface area (Å²) < 4.78 is 1.94. The van der Waals surface area contributed by atoms with Crippen molar-refractivity contribution in [1.29, 1.82) is 0 Å². The van der Waals surface area contributed by atoms with Gasteiger partial charge in [0.1, 0.15) is 0 Å². The fourth-order valence-electron chi connectivity index (χ4n) is 1.42. The Morgan fingerprint density at radius 2 is 2.29 bits per heavy atom. The van der Waals surface area contributed by atoms with E-state index in [1.54, 1.807) is 7.05 Å². The van der Waals surface area contributed by atoms with Gasteiger partial charge in [0.15, 0.2) is 0 Å². The third-order valence-electron chi connectivity index (χ3n) is 2.16. The summed E-state index contributed by atoms with van der Waals surface area (Å²) in [7, 11) is 1.66. The zero-order valence-corrected chi connectivity index (χ0v) is 9.00. The van der Waals surface area contributed by atoms with Crippen molar-refractivity contribution < 1.29 is 4.79 Å². The van der Waals surface area contributed by atoms with Crippen LogP contribution in [0.3, 0.4) is 0 Å². The van der Waals surface area contributed by atoms with Crippen molar-refractivity contribution in [3.63, 3.8) is 0 Å². The lowest BCUT2D eigenvalue weighted by Crippen LogP contribution is -2.18. The minimum absolute atomic E-state index is 0.0894. The molecule has 0 atom stereocenters. The molecule has 0 spiro atoms. The second kappa shape index (κ2) is 4.79. The zero-order chi connectivity index (χ0) is 10.6. The summed E-state index contributed by atoms with van der Waals surface area (Å²) in [5.41, 5.74) is 2.18. The van der Waals surface area contributed by atoms with Crippen LogP contribution in [0.5, 0.6) is 0 Å². The molecule has 0 aliphatic heterocycles. The molecule has 4 heteroatoms. The maximum atomic E-state index is 11.0. The van der Waals surface area contributed by atoms with E-state index >= 15 is 0 Å². The van der Waals surface area contributed by atoms with Crippen molar-refractivity contribution in [2.45, 2.75) is 33.2 Å². The zero-order valence-electron chi connectivity index (χ0n) is 9.00. The first-order chi connectivity index (χ1) is 6.63. The highest BCUT2D eigenvalue weighted by Gasteiger charge is 2.02. The summed E-state index contributed by atoms with van der Waals surface area (Å²) in [4.78, 5) is 11.0. The number of rotatable bonds is 4. The second-order valence-electron chi connectivity index (χ2n) is 3.43. The van der Waals surface area contributed by atoms with Gasteiger partial charge in [-0.3, -0.25) is 9.48 Å². The Labute approximate surface area is 84.3 Å². The van der Waals surface area contributed by atoms with E-state index in [1.807, 2.05) is 24.6 Å². The highest BCUT2D eigenvalue weighted by Crippen LogP contribution is 2.03. The van der Waals surface area contributed by atoms with Gasteiger partial charge < -0.3 is 5.32 Å². The summed E-state index contributed by atoms with van der Waals surface area (Å²) in [6.07, 6.45) is 1.40. The lowest BCUT2D eigenvalue weighted by molar-refractivity contribution is -0.120. The molecule has 78 valence electrons. The largest absolute Gasteiger partial charge is 0.359 e. The normalized spacial score (nSPS) is 10.2. The van der Waals surface area contributed by atoms with Gasteiger partial charge >= 0.3 is 0 Å². The number of nitrogens with zero attached hydrogens (tertiary/aromatic N) is 2.